The fraction of sp³-hybridized carbons (Fsp3) is 0.900. The van der Waals surface area contributed by atoms with Gasteiger partial charge in [-0.2, -0.15) is 0 Å². The first-order valence-corrected chi connectivity index (χ1v) is 5.16. The van der Waals surface area contributed by atoms with Crippen molar-refractivity contribution in [1.82, 2.24) is 5.32 Å². The molecule has 0 aliphatic rings. The van der Waals surface area contributed by atoms with Crippen LogP contribution in [0, 0.1) is 5.41 Å². The van der Waals surface area contributed by atoms with E-state index in [9.17, 15) is 4.79 Å². The second-order valence-corrected chi connectivity index (χ2v) is 3.88. The number of hydrogen-bond donors (Lipinski definition) is 3. The highest BCUT2D eigenvalue weighted by atomic mass is 16.3. The van der Waals surface area contributed by atoms with Gasteiger partial charge in [0.05, 0.1) is 18.1 Å². The average molecular weight is 202 g/mol. The summed E-state index contributed by atoms with van der Waals surface area (Å²) in [4.78, 5) is 11.8. The largest absolute Gasteiger partial charge is 0.394 e. The molecule has 0 aromatic heterocycles. The lowest BCUT2D eigenvalue weighted by atomic mass is 9.86. The molecular weight excluding hydrogens is 180 g/mol. The Balaban J connectivity index is 4.30. The van der Waals surface area contributed by atoms with Crippen LogP contribution in [0.1, 0.15) is 33.6 Å². The fourth-order valence-corrected chi connectivity index (χ4v) is 1.03. The van der Waals surface area contributed by atoms with Crippen molar-refractivity contribution in [3.63, 3.8) is 0 Å². The Hall–Kier alpha value is -0.610. The van der Waals surface area contributed by atoms with Gasteiger partial charge in [-0.3, -0.25) is 4.79 Å². The molecule has 4 N–H and O–H groups in total. The van der Waals surface area contributed by atoms with Gasteiger partial charge in [-0.25, -0.2) is 0 Å². The molecule has 0 saturated heterocycles. The Morgan fingerprint density at radius 2 is 2.14 bits per heavy atom. The van der Waals surface area contributed by atoms with Crippen LogP contribution in [0.2, 0.25) is 0 Å². The van der Waals surface area contributed by atoms with Crippen LogP contribution < -0.4 is 11.1 Å². The van der Waals surface area contributed by atoms with Crippen molar-refractivity contribution in [3.05, 3.63) is 0 Å². The molecule has 0 heterocycles. The zero-order valence-electron chi connectivity index (χ0n) is 9.34. The summed E-state index contributed by atoms with van der Waals surface area (Å²) in [5, 5.41) is 11.7. The summed E-state index contributed by atoms with van der Waals surface area (Å²) in [5.41, 5.74) is 5.04. The SMILES string of the molecule is CCC(CO)NC(=O)C(C)(CC)CN. The van der Waals surface area contributed by atoms with Crippen molar-refractivity contribution in [2.75, 3.05) is 13.2 Å². The van der Waals surface area contributed by atoms with Crippen LogP contribution in [-0.2, 0) is 4.79 Å². The molecule has 0 bridgehead atoms. The van der Waals surface area contributed by atoms with Crippen molar-refractivity contribution < 1.29 is 9.90 Å². The standard InChI is InChI=1S/C10H22N2O2/c1-4-8(6-13)12-9(14)10(3,5-2)7-11/h8,13H,4-7,11H2,1-3H3,(H,12,14). The number of carbonyl (C=O) groups is 1. The summed E-state index contributed by atoms with van der Waals surface area (Å²) in [6.07, 6.45) is 1.43. The summed E-state index contributed by atoms with van der Waals surface area (Å²) in [6, 6.07) is -0.153. The van der Waals surface area contributed by atoms with Crippen molar-refractivity contribution in [3.8, 4) is 0 Å². The predicted octanol–water partition coefficient (Wildman–Crippen LogP) is 0.249. The molecule has 0 aliphatic carbocycles. The summed E-state index contributed by atoms with van der Waals surface area (Å²) >= 11 is 0. The second kappa shape index (κ2) is 5.98. The molecular formula is C10H22N2O2. The highest BCUT2D eigenvalue weighted by molar-refractivity contribution is 5.82. The molecule has 84 valence electrons. The molecule has 0 spiro atoms. The van der Waals surface area contributed by atoms with Crippen LogP contribution in [0.4, 0.5) is 0 Å². The third kappa shape index (κ3) is 3.27. The minimum atomic E-state index is -0.511. The third-order valence-corrected chi connectivity index (χ3v) is 2.83. The first kappa shape index (κ1) is 13.4. The lowest BCUT2D eigenvalue weighted by Crippen LogP contribution is -2.48. The lowest BCUT2D eigenvalue weighted by Gasteiger charge is -2.27. The minimum absolute atomic E-state index is 0.0212. The minimum Gasteiger partial charge on any atom is -0.394 e. The van der Waals surface area contributed by atoms with E-state index in [0.717, 1.165) is 6.42 Å². The molecule has 2 atom stereocenters. The number of rotatable bonds is 6. The molecule has 1 amide bonds. The third-order valence-electron chi connectivity index (χ3n) is 2.83. The van der Waals surface area contributed by atoms with Gasteiger partial charge in [-0.05, 0) is 19.8 Å². The predicted molar refractivity (Wildman–Crippen MR) is 56.8 cm³/mol. The topological polar surface area (TPSA) is 75.3 Å². The summed E-state index contributed by atoms with van der Waals surface area (Å²) < 4.78 is 0. The van der Waals surface area contributed by atoms with Gasteiger partial charge in [-0.1, -0.05) is 13.8 Å². The Kier molecular flexibility index (Phi) is 5.72. The van der Waals surface area contributed by atoms with Crippen LogP contribution in [0.15, 0.2) is 0 Å². The normalized spacial score (nSPS) is 17.2. The van der Waals surface area contributed by atoms with E-state index < -0.39 is 5.41 Å². The quantitative estimate of drug-likeness (QED) is 0.578. The Morgan fingerprint density at radius 1 is 1.57 bits per heavy atom. The first-order chi connectivity index (χ1) is 6.53. The molecule has 2 unspecified atom stereocenters. The number of aliphatic hydroxyl groups excluding tert-OH is 1. The van der Waals surface area contributed by atoms with Crippen molar-refractivity contribution in [1.29, 1.82) is 0 Å². The van der Waals surface area contributed by atoms with Crippen molar-refractivity contribution in [2.45, 2.75) is 39.7 Å². The van der Waals surface area contributed by atoms with E-state index in [4.69, 9.17) is 10.8 Å². The van der Waals surface area contributed by atoms with Crippen molar-refractivity contribution >= 4 is 5.91 Å². The maximum atomic E-state index is 11.8. The summed E-state index contributed by atoms with van der Waals surface area (Å²) in [5.74, 6) is -0.0663. The molecule has 14 heavy (non-hydrogen) atoms. The molecule has 0 radical (unpaired) electrons. The fourth-order valence-electron chi connectivity index (χ4n) is 1.03. The zero-order valence-corrected chi connectivity index (χ0v) is 9.34. The molecule has 0 aromatic rings. The number of hydrogen-bond acceptors (Lipinski definition) is 3. The van der Waals surface area contributed by atoms with E-state index in [0.29, 0.717) is 13.0 Å². The van der Waals surface area contributed by atoms with Crippen LogP contribution >= 0.6 is 0 Å². The molecule has 0 fully saturated rings. The molecule has 0 aromatic carbocycles. The zero-order chi connectivity index (χ0) is 11.2. The van der Waals surface area contributed by atoms with Crippen LogP contribution in [-0.4, -0.2) is 30.2 Å². The van der Waals surface area contributed by atoms with E-state index in [1.165, 1.54) is 0 Å². The van der Waals surface area contributed by atoms with Gasteiger partial charge < -0.3 is 16.2 Å². The molecule has 4 heteroatoms. The van der Waals surface area contributed by atoms with Crippen LogP contribution in [0.25, 0.3) is 0 Å². The number of carbonyl (C=O) groups excluding carboxylic acids is 1. The van der Waals surface area contributed by atoms with E-state index >= 15 is 0 Å². The van der Waals surface area contributed by atoms with E-state index in [2.05, 4.69) is 5.32 Å². The number of nitrogens with two attached hydrogens (primary N) is 1. The van der Waals surface area contributed by atoms with Crippen LogP contribution in [0.3, 0.4) is 0 Å². The second-order valence-electron chi connectivity index (χ2n) is 3.88. The Labute approximate surface area is 85.9 Å². The van der Waals surface area contributed by atoms with E-state index in [1.54, 1.807) is 0 Å². The Morgan fingerprint density at radius 3 is 2.43 bits per heavy atom. The number of amides is 1. The van der Waals surface area contributed by atoms with Crippen molar-refractivity contribution in [2.24, 2.45) is 11.1 Å². The monoisotopic (exact) mass is 202 g/mol. The van der Waals surface area contributed by atoms with Gasteiger partial charge in [0.2, 0.25) is 5.91 Å². The van der Waals surface area contributed by atoms with Gasteiger partial charge in [0, 0.05) is 6.54 Å². The number of aliphatic hydroxyl groups is 1. The van der Waals surface area contributed by atoms with E-state index in [1.807, 2.05) is 20.8 Å². The highest BCUT2D eigenvalue weighted by Crippen LogP contribution is 2.19. The van der Waals surface area contributed by atoms with Gasteiger partial charge >= 0.3 is 0 Å². The van der Waals surface area contributed by atoms with Crippen LogP contribution in [0.5, 0.6) is 0 Å². The molecule has 0 rings (SSSR count). The Bertz CT molecular complexity index is 175. The molecule has 0 aliphatic heterocycles. The first-order valence-electron chi connectivity index (χ1n) is 5.16. The number of nitrogens with one attached hydrogen (secondary N) is 1. The molecule has 4 nitrogen and oxygen atoms in total. The van der Waals surface area contributed by atoms with Gasteiger partial charge in [0.25, 0.3) is 0 Å². The average Bonchev–Trinajstić information content (AvgIpc) is 2.24. The summed E-state index contributed by atoms with van der Waals surface area (Å²) in [7, 11) is 0. The lowest BCUT2D eigenvalue weighted by molar-refractivity contribution is -0.131. The maximum absolute atomic E-state index is 11.8. The van der Waals surface area contributed by atoms with Gasteiger partial charge in [0.15, 0.2) is 0 Å². The summed E-state index contributed by atoms with van der Waals surface area (Å²) in [6.45, 7) is 6.01. The van der Waals surface area contributed by atoms with Gasteiger partial charge in [0.1, 0.15) is 0 Å². The maximum Gasteiger partial charge on any atom is 0.227 e. The highest BCUT2D eigenvalue weighted by Gasteiger charge is 2.30. The van der Waals surface area contributed by atoms with E-state index in [-0.39, 0.29) is 18.6 Å². The molecule has 0 saturated carbocycles. The van der Waals surface area contributed by atoms with Gasteiger partial charge in [-0.15, -0.1) is 0 Å². The smallest absolute Gasteiger partial charge is 0.227 e.